The van der Waals surface area contributed by atoms with E-state index < -0.39 is 0 Å². The third kappa shape index (κ3) is 4.07. The molecule has 1 N–H and O–H groups in total. The molecule has 0 spiro atoms. The molecular weight excluding hydrogens is 363 g/mol. The van der Waals surface area contributed by atoms with Crippen LogP contribution in [0.5, 0.6) is 0 Å². The maximum absolute atomic E-state index is 11.8. The molecule has 0 radical (unpaired) electrons. The van der Waals surface area contributed by atoms with Crippen molar-refractivity contribution in [3.8, 4) is 0 Å². The lowest BCUT2D eigenvalue weighted by molar-refractivity contribution is 0.0955. The van der Waals surface area contributed by atoms with Crippen molar-refractivity contribution in [3.63, 3.8) is 0 Å². The van der Waals surface area contributed by atoms with Crippen molar-refractivity contribution in [3.05, 3.63) is 68.1 Å². The highest BCUT2D eigenvalue weighted by molar-refractivity contribution is 9.10. The second-order valence-corrected chi connectivity index (χ2v) is 5.63. The Morgan fingerprint density at radius 1 is 1.15 bits per heavy atom. The van der Waals surface area contributed by atoms with E-state index in [9.17, 15) is 4.79 Å². The maximum Gasteiger partial charge on any atom is 0.271 e. The van der Waals surface area contributed by atoms with Crippen molar-refractivity contribution in [2.75, 3.05) is 0 Å². The molecule has 0 saturated carbocycles. The smallest absolute Gasteiger partial charge is 0.267 e. The number of nitrogens with one attached hydrogen (secondary N) is 1. The molecule has 0 aromatic heterocycles. The Kier molecular flexibility index (Phi) is 5.17. The van der Waals surface area contributed by atoms with Gasteiger partial charge in [0.2, 0.25) is 0 Å². The van der Waals surface area contributed by atoms with Gasteiger partial charge in [0.1, 0.15) is 0 Å². The van der Waals surface area contributed by atoms with Gasteiger partial charge in [-0.05, 0) is 36.4 Å². The van der Waals surface area contributed by atoms with E-state index in [1.54, 1.807) is 42.5 Å². The highest BCUT2D eigenvalue weighted by atomic mass is 79.9. The average molecular weight is 372 g/mol. The molecule has 0 heterocycles. The fourth-order valence-corrected chi connectivity index (χ4v) is 2.15. The van der Waals surface area contributed by atoms with Crippen molar-refractivity contribution < 1.29 is 4.79 Å². The third-order valence-corrected chi connectivity index (χ3v) is 3.53. The Balaban J connectivity index is 2.02. The summed E-state index contributed by atoms with van der Waals surface area (Å²) in [6.07, 6.45) is 1.47. The van der Waals surface area contributed by atoms with E-state index in [1.807, 2.05) is 0 Å². The van der Waals surface area contributed by atoms with Crippen LogP contribution in [0.25, 0.3) is 0 Å². The Hall–Kier alpha value is -1.36. The molecule has 0 aliphatic rings. The Morgan fingerprint density at radius 2 is 1.85 bits per heavy atom. The molecule has 0 bridgehead atoms. The van der Waals surface area contributed by atoms with E-state index in [4.69, 9.17) is 23.2 Å². The molecule has 2 aromatic rings. The van der Waals surface area contributed by atoms with Crippen LogP contribution in [0, 0.1) is 0 Å². The zero-order valence-corrected chi connectivity index (χ0v) is 13.2. The standard InChI is InChI=1S/C14H9BrCl2N2O/c15-11-4-1-9(2-5-11)14(20)19-18-8-10-3-6-12(16)7-13(10)17/h1-8H,(H,19,20). The second-order valence-electron chi connectivity index (χ2n) is 3.87. The van der Waals surface area contributed by atoms with E-state index in [-0.39, 0.29) is 5.91 Å². The van der Waals surface area contributed by atoms with Gasteiger partial charge in [0.25, 0.3) is 5.91 Å². The van der Waals surface area contributed by atoms with E-state index in [1.165, 1.54) is 6.21 Å². The number of hydrazone groups is 1. The zero-order valence-electron chi connectivity index (χ0n) is 10.1. The molecule has 0 aliphatic carbocycles. The van der Waals surface area contributed by atoms with Crippen LogP contribution in [-0.4, -0.2) is 12.1 Å². The van der Waals surface area contributed by atoms with Gasteiger partial charge in [-0.2, -0.15) is 5.10 Å². The molecule has 0 atom stereocenters. The summed E-state index contributed by atoms with van der Waals surface area (Å²) in [5, 5.41) is 4.89. The monoisotopic (exact) mass is 370 g/mol. The van der Waals surface area contributed by atoms with Crippen molar-refractivity contribution in [1.82, 2.24) is 5.43 Å². The van der Waals surface area contributed by atoms with Crippen molar-refractivity contribution in [2.24, 2.45) is 5.10 Å². The van der Waals surface area contributed by atoms with Gasteiger partial charge < -0.3 is 0 Å². The minimum atomic E-state index is -0.293. The van der Waals surface area contributed by atoms with Crippen LogP contribution in [0.3, 0.4) is 0 Å². The first-order valence-electron chi connectivity index (χ1n) is 5.60. The summed E-state index contributed by atoms with van der Waals surface area (Å²) in [5.74, 6) is -0.293. The quantitative estimate of drug-likeness (QED) is 0.625. The number of benzene rings is 2. The van der Waals surface area contributed by atoms with Crippen LogP contribution in [-0.2, 0) is 0 Å². The van der Waals surface area contributed by atoms with E-state index in [0.717, 1.165) is 4.47 Å². The van der Waals surface area contributed by atoms with Crippen LogP contribution >= 0.6 is 39.1 Å². The number of carbonyl (C=O) groups excluding carboxylic acids is 1. The predicted octanol–water partition coefficient (Wildman–Crippen LogP) is 4.52. The number of hydrogen-bond donors (Lipinski definition) is 1. The second kappa shape index (κ2) is 6.88. The van der Waals surface area contributed by atoms with Crippen LogP contribution in [0.1, 0.15) is 15.9 Å². The number of carbonyl (C=O) groups is 1. The van der Waals surface area contributed by atoms with Gasteiger partial charge in [0.15, 0.2) is 0 Å². The van der Waals surface area contributed by atoms with E-state index in [2.05, 4.69) is 26.5 Å². The lowest BCUT2D eigenvalue weighted by Crippen LogP contribution is -2.17. The van der Waals surface area contributed by atoms with Gasteiger partial charge in [0, 0.05) is 20.6 Å². The molecule has 0 unspecified atom stereocenters. The molecular formula is C14H9BrCl2N2O. The molecule has 0 fully saturated rings. The molecule has 6 heteroatoms. The van der Waals surface area contributed by atoms with Gasteiger partial charge >= 0.3 is 0 Å². The molecule has 2 aromatic carbocycles. The first-order valence-corrected chi connectivity index (χ1v) is 7.15. The van der Waals surface area contributed by atoms with Crippen LogP contribution < -0.4 is 5.43 Å². The van der Waals surface area contributed by atoms with E-state index >= 15 is 0 Å². The SMILES string of the molecule is O=C(NN=Cc1ccc(Cl)cc1Cl)c1ccc(Br)cc1. The summed E-state index contributed by atoms with van der Waals surface area (Å²) in [6, 6.07) is 12.0. The molecule has 20 heavy (non-hydrogen) atoms. The van der Waals surface area contributed by atoms with Gasteiger partial charge in [-0.15, -0.1) is 0 Å². The molecule has 0 aliphatic heterocycles. The fourth-order valence-electron chi connectivity index (χ4n) is 1.43. The normalized spacial score (nSPS) is 10.8. The van der Waals surface area contributed by atoms with Crippen molar-refractivity contribution in [1.29, 1.82) is 0 Å². The molecule has 2 rings (SSSR count). The van der Waals surface area contributed by atoms with Gasteiger partial charge in [-0.25, -0.2) is 5.43 Å². The molecule has 1 amide bonds. The minimum Gasteiger partial charge on any atom is -0.267 e. The first-order chi connectivity index (χ1) is 9.56. The predicted molar refractivity (Wildman–Crippen MR) is 85.7 cm³/mol. The van der Waals surface area contributed by atoms with E-state index in [0.29, 0.717) is 21.2 Å². The number of amides is 1. The van der Waals surface area contributed by atoms with Gasteiger partial charge in [0.05, 0.1) is 11.2 Å². The van der Waals surface area contributed by atoms with Crippen LogP contribution in [0.2, 0.25) is 10.0 Å². The molecule has 3 nitrogen and oxygen atoms in total. The number of halogens is 3. The summed E-state index contributed by atoms with van der Waals surface area (Å²) in [4.78, 5) is 11.8. The molecule has 0 saturated heterocycles. The highest BCUT2D eigenvalue weighted by Gasteiger charge is 2.03. The summed E-state index contributed by atoms with van der Waals surface area (Å²) in [7, 11) is 0. The number of rotatable bonds is 3. The van der Waals surface area contributed by atoms with Gasteiger partial charge in [-0.1, -0.05) is 45.2 Å². The summed E-state index contributed by atoms with van der Waals surface area (Å²) < 4.78 is 0.908. The minimum absolute atomic E-state index is 0.293. The average Bonchev–Trinajstić information content (AvgIpc) is 2.42. The largest absolute Gasteiger partial charge is 0.271 e. The Bertz CT molecular complexity index is 657. The van der Waals surface area contributed by atoms with Crippen LogP contribution in [0.15, 0.2) is 52.0 Å². The Labute approximate surface area is 134 Å². The molecule has 102 valence electrons. The lowest BCUT2D eigenvalue weighted by Gasteiger charge is -2.01. The summed E-state index contributed by atoms with van der Waals surface area (Å²) >= 11 is 15.1. The van der Waals surface area contributed by atoms with Gasteiger partial charge in [-0.3, -0.25) is 4.79 Å². The summed E-state index contributed by atoms with van der Waals surface area (Å²) in [5.41, 5.74) is 3.63. The lowest BCUT2D eigenvalue weighted by atomic mass is 10.2. The summed E-state index contributed by atoms with van der Waals surface area (Å²) in [6.45, 7) is 0. The Morgan fingerprint density at radius 3 is 2.50 bits per heavy atom. The third-order valence-electron chi connectivity index (χ3n) is 2.44. The maximum atomic E-state index is 11.8. The number of nitrogens with zero attached hydrogens (tertiary/aromatic N) is 1. The van der Waals surface area contributed by atoms with Crippen molar-refractivity contribution in [2.45, 2.75) is 0 Å². The topological polar surface area (TPSA) is 41.5 Å². The first kappa shape index (κ1) is 15.0. The zero-order chi connectivity index (χ0) is 14.5. The number of hydrogen-bond acceptors (Lipinski definition) is 2. The van der Waals surface area contributed by atoms with Crippen LogP contribution in [0.4, 0.5) is 0 Å². The highest BCUT2D eigenvalue weighted by Crippen LogP contribution is 2.19. The fraction of sp³-hybridized carbons (Fsp3) is 0. The van der Waals surface area contributed by atoms with Crippen molar-refractivity contribution >= 4 is 51.3 Å².